The number of carbonyl (C=O) groups is 2. The molecule has 3 N–H and O–H groups in total. The Hall–Kier alpha value is -2.30. The summed E-state index contributed by atoms with van der Waals surface area (Å²) in [5.41, 5.74) is 2.08. The van der Waals surface area contributed by atoms with Crippen molar-refractivity contribution in [1.82, 2.24) is 4.98 Å². The molecule has 0 saturated heterocycles. The van der Waals surface area contributed by atoms with Gasteiger partial charge in [-0.3, -0.25) is 0 Å². The van der Waals surface area contributed by atoms with Gasteiger partial charge in [0, 0.05) is 16.6 Å². The van der Waals surface area contributed by atoms with E-state index in [0.29, 0.717) is 5.52 Å². The molecule has 0 aliphatic carbocycles. The quantitative estimate of drug-likeness (QED) is 0.741. The molecule has 88 valence electrons. The number of rotatable bonds is 2. The maximum Gasteiger partial charge on any atom is 0.336 e. The molecule has 0 aliphatic rings. The van der Waals surface area contributed by atoms with Gasteiger partial charge < -0.3 is 15.2 Å². The van der Waals surface area contributed by atoms with Gasteiger partial charge in [0.2, 0.25) is 0 Å². The molecule has 0 bridgehead atoms. The fourth-order valence-electron chi connectivity index (χ4n) is 1.86. The van der Waals surface area contributed by atoms with Crippen LogP contribution in [0.4, 0.5) is 0 Å². The number of aromatic carboxylic acids is 2. The van der Waals surface area contributed by atoms with E-state index in [4.69, 9.17) is 10.2 Å². The molecule has 5 nitrogen and oxygen atoms in total. The molecule has 17 heavy (non-hydrogen) atoms. The molecule has 0 saturated carbocycles. The highest BCUT2D eigenvalue weighted by atomic mass is 16.4. The molecule has 0 fully saturated rings. The maximum atomic E-state index is 11.0. The fourth-order valence-corrected chi connectivity index (χ4v) is 1.86. The Morgan fingerprint density at radius 1 is 1.06 bits per heavy atom. The summed E-state index contributed by atoms with van der Waals surface area (Å²) in [5.74, 6) is -2.48. The number of carboxylic acids is 2. The first kappa shape index (κ1) is 11.2. The van der Waals surface area contributed by atoms with E-state index in [0.717, 1.165) is 16.6 Å². The SMILES string of the molecule is Cc1[nH]c2cc(C(=O)O)c(C(=O)O)cc2c1C. The number of aromatic amines is 1. The molecule has 1 aromatic carbocycles. The van der Waals surface area contributed by atoms with Gasteiger partial charge >= 0.3 is 11.9 Å². The molecule has 1 aromatic heterocycles. The number of hydrogen-bond acceptors (Lipinski definition) is 2. The number of carboxylic acid groups (broad SMARTS) is 2. The van der Waals surface area contributed by atoms with Crippen LogP contribution in [0.15, 0.2) is 12.1 Å². The third-order valence-electron chi connectivity index (χ3n) is 2.91. The van der Waals surface area contributed by atoms with Crippen LogP contribution >= 0.6 is 0 Å². The number of aromatic nitrogens is 1. The molecular formula is C12H11NO4. The average molecular weight is 233 g/mol. The topological polar surface area (TPSA) is 90.4 Å². The van der Waals surface area contributed by atoms with Crippen LogP contribution in [0.3, 0.4) is 0 Å². The smallest absolute Gasteiger partial charge is 0.336 e. The van der Waals surface area contributed by atoms with Gasteiger partial charge in [0.05, 0.1) is 11.1 Å². The van der Waals surface area contributed by atoms with Crippen molar-refractivity contribution >= 4 is 22.8 Å². The molecular weight excluding hydrogens is 222 g/mol. The first-order chi connectivity index (χ1) is 7.91. The van der Waals surface area contributed by atoms with Crippen LogP contribution in [0, 0.1) is 13.8 Å². The molecule has 0 unspecified atom stereocenters. The van der Waals surface area contributed by atoms with Gasteiger partial charge in [-0.05, 0) is 31.5 Å². The zero-order valence-electron chi connectivity index (χ0n) is 9.37. The van der Waals surface area contributed by atoms with Crippen molar-refractivity contribution in [3.8, 4) is 0 Å². The van der Waals surface area contributed by atoms with Crippen LogP contribution < -0.4 is 0 Å². The number of nitrogens with one attached hydrogen (secondary N) is 1. The van der Waals surface area contributed by atoms with Crippen LogP contribution in [-0.4, -0.2) is 27.1 Å². The summed E-state index contributed by atoms with van der Waals surface area (Å²) in [7, 11) is 0. The Morgan fingerprint density at radius 2 is 1.59 bits per heavy atom. The molecule has 1 heterocycles. The van der Waals surface area contributed by atoms with E-state index < -0.39 is 11.9 Å². The number of benzene rings is 1. The Balaban J connectivity index is 2.86. The van der Waals surface area contributed by atoms with Gasteiger partial charge in [-0.25, -0.2) is 9.59 Å². The number of hydrogen-bond donors (Lipinski definition) is 3. The van der Waals surface area contributed by atoms with E-state index in [9.17, 15) is 9.59 Å². The molecule has 5 heteroatoms. The van der Waals surface area contributed by atoms with E-state index >= 15 is 0 Å². The van der Waals surface area contributed by atoms with E-state index in [1.807, 2.05) is 13.8 Å². The zero-order valence-corrected chi connectivity index (χ0v) is 9.37. The first-order valence-corrected chi connectivity index (χ1v) is 5.01. The summed E-state index contributed by atoms with van der Waals surface area (Å²) in [6.45, 7) is 3.72. The van der Waals surface area contributed by atoms with Crippen molar-refractivity contribution in [2.24, 2.45) is 0 Å². The normalized spacial score (nSPS) is 10.7. The number of H-pyrrole nitrogens is 1. The minimum absolute atomic E-state index is 0.188. The minimum Gasteiger partial charge on any atom is -0.478 e. The Labute approximate surface area is 96.7 Å². The lowest BCUT2D eigenvalue weighted by Crippen LogP contribution is -2.07. The second-order valence-electron chi connectivity index (χ2n) is 3.93. The lowest BCUT2D eigenvalue weighted by atomic mass is 10.0. The zero-order chi connectivity index (χ0) is 12.7. The number of aryl methyl sites for hydroxylation is 2. The lowest BCUT2D eigenvalue weighted by molar-refractivity contribution is 0.0652. The highest BCUT2D eigenvalue weighted by Gasteiger charge is 2.18. The predicted octanol–water partition coefficient (Wildman–Crippen LogP) is 2.18. The van der Waals surface area contributed by atoms with Crippen LogP contribution in [0.5, 0.6) is 0 Å². The average Bonchev–Trinajstić information content (AvgIpc) is 2.53. The van der Waals surface area contributed by atoms with Crippen molar-refractivity contribution in [2.75, 3.05) is 0 Å². The van der Waals surface area contributed by atoms with Gasteiger partial charge in [0.1, 0.15) is 0 Å². The molecule has 2 aromatic rings. The van der Waals surface area contributed by atoms with Crippen molar-refractivity contribution in [3.63, 3.8) is 0 Å². The molecule has 0 aliphatic heterocycles. The first-order valence-electron chi connectivity index (χ1n) is 5.01. The Kier molecular flexibility index (Phi) is 2.38. The second-order valence-corrected chi connectivity index (χ2v) is 3.93. The van der Waals surface area contributed by atoms with Crippen molar-refractivity contribution < 1.29 is 19.8 Å². The Bertz CT molecular complexity index is 639. The predicted molar refractivity (Wildman–Crippen MR) is 61.7 cm³/mol. The summed E-state index contributed by atoms with van der Waals surface area (Å²) >= 11 is 0. The van der Waals surface area contributed by atoms with E-state index in [1.54, 1.807) is 0 Å². The van der Waals surface area contributed by atoms with Crippen molar-refractivity contribution in [2.45, 2.75) is 13.8 Å². The minimum atomic E-state index is -1.24. The van der Waals surface area contributed by atoms with Crippen LogP contribution in [0.25, 0.3) is 10.9 Å². The second kappa shape index (κ2) is 3.62. The highest BCUT2D eigenvalue weighted by molar-refractivity contribution is 6.06. The molecule has 0 radical (unpaired) electrons. The van der Waals surface area contributed by atoms with E-state index in [-0.39, 0.29) is 11.1 Å². The van der Waals surface area contributed by atoms with Crippen molar-refractivity contribution in [1.29, 1.82) is 0 Å². The Morgan fingerprint density at radius 3 is 2.12 bits per heavy atom. The molecule has 0 amide bonds. The largest absolute Gasteiger partial charge is 0.478 e. The van der Waals surface area contributed by atoms with E-state index in [2.05, 4.69) is 4.98 Å². The highest BCUT2D eigenvalue weighted by Crippen LogP contribution is 2.25. The van der Waals surface area contributed by atoms with Gasteiger partial charge in [-0.2, -0.15) is 0 Å². The van der Waals surface area contributed by atoms with Gasteiger partial charge in [-0.15, -0.1) is 0 Å². The molecule has 0 spiro atoms. The van der Waals surface area contributed by atoms with Crippen LogP contribution in [-0.2, 0) is 0 Å². The monoisotopic (exact) mass is 233 g/mol. The summed E-state index contributed by atoms with van der Waals surface area (Å²) in [6.07, 6.45) is 0. The lowest BCUT2D eigenvalue weighted by Gasteiger charge is -2.02. The summed E-state index contributed by atoms with van der Waals surface area (Å²) in [6, 6.07) is 2.76. The van der Waals surface area contributed by atoms with Crippen LogP contribution in [0.1, 0.15) is 32.0 Å². The summed E-state index contributed by atoms with van der Waals surface area (Å²) in [4.78, 5) is 25.0. The number of fused-ring (bicyclic) bond motifs is 1. The maximum absolute atomic E-state index is 11.0. The summed E-state index contributed by atoms with van der Waals surface area (Å²) < 4.78 is 0. The van der Waals surface area contributed by atoms with E-state index in [1.165, 1.54) is 12.1 Å². The summed E-state index contributed by atoms with van der Waals surface area (Å²) in [5, 5.41) is 18.7. The molecule has 2 rings (SSSR count). The van der Waals surface area contributed by atoms with Crippen molar-refractivity contribution in [3.05, 3.63) is 34.5 Å². The van der Waals surface area contributed by atoms with Gasteiger partial charge in [0.25, 0.3) is 0 Å². The van der Waals surface area contributed by atoms with Crippen LogP contribution in [0.2, 0.25) is 0 Å². The van der Waals surface area contributed by atoms with Gasteiger partial charge in [-0.1, -0.05) is 0 Å². The standard InChI is InChI=1S/C12H11NO4/c1-5-6(2)13-10-4-9(12(16)17)8(11(14)15)3-7(5)10/h3-4,13H,1-2H3,(H,14,15)(H,16,17). The fraction of sp³-hybridized carbons (Fsp3) is 0.167. The van der Waals surface area contributed by atoms with Gasteiger partial charge in [0.15, 0.2) is 0 Å². The molecule has 0 atom stereocenters. The third-order valence-corrected chi connectivity index (χ3v) is 2.91. The third kappa shape index (κ3) is 1.65.